The highest BCUT2D eigenvalue weighted by Crippen LogP contribution is 2.38. The van der Waals surface area contributed by atoms with Gasteiger partial charge in [-0.25, -0.2) is 0 Å². The molecule has 0 aliphatic carbocycles. The summed E-state index contributed by atoms with van der Waals surface area (Å²) in [4.78, 5) is 16.0. The van der Waals surface area contributed by atoms with E-state index in [0.717, 1.165) is 22.6 Å². The first-order valence-electron chi connectivity index (χ1n) is 9.60. The molecule has 2 aliphatic heterocycles. The van der Waals surface area contributed by atoms with Crippen LogP contribution in [-0.2, 0) is 4.79 Å². The maximum absolute atomic E-state index is 13.0. The number of para-hydroxylation sites is 1. The number of carbonyl (C=O) groups excluding carboxylic acids is 1. The normalized spacial score (nSPS) is 17.5. The number of anilines is 1. The van der Waals surface area contributed by atoms with E-state index in [1.54, 1.807) is 0 Å². The Kier molecular flexibility index (Phi) is 5.30. The maximum atomic E-state index is 13.0. The summed E-state index contributed by atoms with van der Waals surface area (Å²) < 4.78 is 16.5. The largest absolute Gasteiger partial charge is 0.454 e. The van der Waals surface area contributed by atoms with Crippen LogP contribution in [0.5, 0.6) is 11.5 Å². The lowest BCUT2D eigenvalue weighted by Gasteiger charge is -2.22. The molecule has 1 amide bonds. The highest BCUT2D eigenvalue weighted by atomic mass is 32.2. The molecule has 30 heavy (non-hydrogen) atoms. The molecule has 0 unspecified atom stereocenters. The van der Waals surface area contributed by atoms with Crippen LogP contribution in [0.4, 0.5) is 5.69 Å². The van der Waals surface area contributed by atoms with Gasteiger partial charge in [-0.3, -0.25) is 4.79 Å². The second-order valence-electron chi connectivity index (χ2n) is 6.96. The number of hydrogen-bond acceptors (Lipinski definition) is 8. The molecular formula is C21H19N3O4S2. The van der Waals surface area contributed by atoms with E-state index in [1.165, 1.54) is 11.8 Å². The first kappa shape index (κ1) is 19.3. The molecule has 5 rings (SSSR count). The first-order valence-corrected chi connectivity index (χ1v) is 11.5. The SMILES string of the molecule is C[C@@H]1CCN(C(=O)CSc2nnc(-c3ccc4c(c3)OCO4)o2)c2ccccc2S1. The van der Waals surface area contributed by atoms with Gasteiger partial charge in [0.1, 0.15) is 0 Å². The van der Waals surface area contributed by atoms with E-state index in [4.69, 9.17) is 13.9 Å². The van der Waals surface area contributed by atoms with E-state index in [9.17, 15) is 4.79 Å². The number of amides is 1. The van der Waals surface area contributed by atoms with Crippen molar-refractivity contribution < 1.29 is 18.7 Å². The molecule has 0 N–H and O–H groups in total. The predicted molar refractivity (Wildman–Crippen MR) is 115 cm³/mol. The van der Waals surface area contributed by atoms with Gasteiger partial charge in [-0.2, -0.15) is 0 Å². The maximum Gasteiger partial charge on any atom is 0.277 e. The van der Waals surface area contributed by atoms with Gasteiger partial charge >= 0.3 is 0 Å². The number of rotatable bonds is 4. The summed E-state index contributed by atoms with van der Waals surface area (Å²) >= 11 is 3.07. The van der Waals surface area contributed by atoms with Crippen molar-refractivity contribution in [1.29, 1.82) is 0 Å². The van der Waals surface area contributed by atoms with Crippen molar-refractivity contribution in [2.75, 3.05) is 24.0 Å². The van der Waals surface area contributed by atoms with Gasteiger partial charge in [-0.05, 0) is 36.8 Å². The smallest absolute Gasteiger partial charge is 0.277 e. The second kappa shape index (κ2) is 8.23. The predicted octanol–water partition coefficient (Wildman–Crippen LogP) is 4.47. The molecule has 0 radical (unpaired) electrons. The summed E-state index contributed by atoms with van der Waals surface area (Å²) in [5, 5.41) is 9.01. The van der Waals surface area contributed by atoms with Crippen LogP contribution in [0.1, 0.15) is 13.3 Å². The van der Waals surface area contributed by atoms with Crippen LogP contribution >= 0.6 is 23.5 Å². The number of benzene rings is 2. The molecule has 154 valence electrons. The van der Waals surface area contributed by atoms with Crippen LogP contribution in [0, 0.1) is 0 Å². The highest BCUT2D eigenvalue weighted by Gasteiger charge is 2.25. The lowest BCUT2D eigenvalue weighted by atomic mass is 10.2. The lowest BCUT2D eigenvalue weighted by molar-refractivity contribution is -0.116. The number of thioether (sulfide) groups is 2. The number of ether oxygens (including phenoxy) is 2. The molecule has 0 bridgehead atoms. The third-order valence-corrected chi connectivity index (χ3v) is 6.93. The minimum absolute atomic E-state index is 0.0324. The van der Waals surface area contributed by atoms with Crippen molar-refractivity contribution in [2.45, 2.75) is 28.7 Å². The number of fused-ring (bicyclic) bond motifs is 2. The number of aromatic nitrogens is 2. The molecule has 3 aromatic rings. The zero-order valence-electron chi connectivity index (χ0n) is 16.2. The van der Waals surface area contributed by atoms with Gasteiger partial charge in [0, 0.05) is 22.3 Å². The third kappa shape index (κ3) is 3.87. The molecule has 0 spiro atoms. The summed E-state index contributed by atoms with van der Waals surface area (Å²) in [6.45, 7) is 3.11. The Balaban J connectivity index is 1.27. The van der Waals surface area contributed by atoms with E-state index in [0.29, 0.717) is 34.4 Å². The van der Waals surface area contributed by atoms with Crippen molar-refractivity contribution in [3.8, 4) is 23.0 Å². The van der Waals surface area contributed by atoms with Gasteiger partial charge in [-0.1, -0.05) is 30.8 Å². The summed E-state index contributed by atoms with van der Waals surface area (Å²) in [6.07, 6.45) is 0.949. The van der Waals surface area contributed by atoms with Gasteiger partial charge in [-0.15, -0.1) is 22.0 Å². The average Bonchev–Trinajstić information content (AvgIpc) is 3.38. The van der Waals surface area contributed by atoms with Gasteiger partial charge in [0.2, 0.25) is 18.6 Å². The number of hydrogen-bond donors (Lipinski definition) is 0. The van der Waals surface area contributed by atoms with Crippen LogP contribution in [-0.4, -0.2) is 40.4 Å². The first-order chi connectivity index (χ1) is 14.7. The van der Waals surface area contributed by atoms with Crippen LogP contribution in [0.15, 0.2) is 57.0 Å². The fourth-order valence-corrected chi connectivity index (χ4v) is 5.11. The van der Waals surface area contributed by atoms with E-state index >= 15 is 0 Å². The summed E-state index contributed by atoms with van der Waals surface area (Å²) in [5.74, 6) is 2.00. The van der Waals surface area contributed by atoms with Gasteiger partial charge in [0.15, 0.2) is 11.5 Å². The van der Waals surface area contributed by atoms with Gasteiger partial charge < -0.3 is 18.8 Å². The van der Waals surface area contributed by atoms with E-state index in [-0.39, 0.29) is 18.5 Å². The van der Waals surface area contributed by atoms with Crippen molar-refractivity contribution >= 4 is 35.1 Å². The molecule has 1 aromatic heterocycles. The van der Waals surface area contributed by atoms with Gasteiger partial charge in [0.25, 0.3) is 5.22 Å². The van der Waals surface area contributed by atoms with Crippen LogP contribution in [0.25, 0.3) is 11.5 Å². The summed E-state index contributed by atoms with van der Waals surface area (Å²) in [5.41, 5.74) is 1.72. The molecule has 1 atom stereocenters. The highest BCUT2D eigenvalue weighted by molar-refractivity contribution is 8.00. The Labute approximate surface area is 182 Å². The summed E-state index contributed by atoms with van der Waals surface area (Å²) in [6, 6.07) is 13.5. The number of nitrogens with zero attached hydrogens (tertiary/aromatic N) is 3. The molecule has 2 aromatic carbocycles. The fraction of sp³-hybridized carbons (Fsp3) is 0.286. The van der Waals surface area contributed by atoms with E-state index in [2.05, 4.69) is 23.2 Å². The van der Waals surface area contributed by atoms with Crippen LogP contribution in [0.2, 0.25) is 0 Å². The Hall–Kier alpha value is -2.65. The second-order valence-corrected chi connectivity index (χ2v) is 9.37. The van der Waals surface area contributed by atoms with Crippen molar-refractivity contribution in [3.63, 3.8) is 0 Å². The fourth-order valence-electron chi connectivity index (χ4n) is 3.36. The molecule has 7 nitrogen and oxygen atoms in total. The molecule has 0 fully saturated rings. The number of carbonyl (C=O) groups is 1. The average molecular weight is 442 g/mol. The third-order valence-electron chi connectivity index (χ3n) is 4.89. The molecular weight excluding hydrogens is 422 g/mol. The van der Waals surface area contributed by atoms with Crippen molar-refractivity contribution in [3.05, 3.63) is 42.5 Å². The lowest BCUT2D eigenvalue weighted by Crippen LogP contribution is -2.33. The molecule has 0 saturated heterocycles. The van der Waals surface area contributed by atoms with E-state index < -0.39 is 0 Å². The van der Waals surface area contributed by atoms with Gasteiger partial charge in [0.05, 0.1) is 11.4 Å². The monoisotopic (exact) mass is 441 g/mol. The Morgan fingerprint density at radius 3 is 3.00 bits per heavy atom. The minimum Gasteiger partial charge on any atom is -0.454 e. The topological polar surface area (TPSA) is 77.7 Å². The van der Waals surface area contributed by atoms with Crippen molar-refractivity contribution in [1.82, 2.24) is 10.2 Å². The molecule has 0 saturated carbocycles. The van der Waals surface area contributed by atoms with E-state index in [1.807, 2.05) is 53.1 Å². The zero-order chi connectivity index (χ0) is 20.5. The van der Waals surface area contributed by atoms with Crippen LogP contribution < -0.4 is 14.4 Å². The zero-order valence-corrected chi connectivity index (χ0v) is 17.9. The quantitative estimate of drug-likeness (QED) is 0.549. The Morgan fingerprint density at radius 2 is 2.07 bits per heavy atom. The molecule has 3 heterocycles. The molecule has 2 aliphatic rings. The van der Waals surface area contributed by atoms with Crippen LogP contribution in [0.3, 0.4) is 0 Å². The Morgan fingerprint density at radius 1 is 1.20 bits per heavy atom. The molecule has 9 heteroatoms. The minimum atomic E-state index is 0.0324. The summed E-state index contributed by atoms with van der Waals surface area (Å²) in [7, 11) is 0. The Bertz CT molecular complexity index is 1090. The standard InChI is InChI=1S/C21H19N3O4S2/c1-13-8-9-24(15-4-2-3-5-18(15)30-13)19(25)11-29-21-23-22-20(28-21)14-6-7-16-17(10-14)27-12-26-16/h2-7,10,13H,8-9,11-12H2,1H3/t13-/m1/s1. The van der Waals surface area contributed by atoms with Crippen molar-refractivity contribution in [2.24, 2.45) is 0 Å².